The fraction of sp³-hybridized carbons (Fsp3) is 0.316. The third-order valence-electron chi connectivity index (χ3n) is 3.67. The quantitative estimate of drug-likeness (QED) is 0.775. The third-order valence-corrected chi connectivity index (χ3v) is 3.67. The Morgan fingerprint density at radius 1 is 0.917 bits per heavy atom. The van der Waals surface area contributed by atoms with Crippen molar-refractivity contribution in [2.45, 2.75) is 26.2 Å². The molecule has 0 fully saturated rings. The number of benzene rings is 2. The molecule has 0 saturated heterocycles. The molecule has 2 aromatic carbocycles. The number of rotatable bonds is 7. The Hall–Kier alpha value is -2.69. The third kappa shape index (κ3) is 4.91. The van der Waals surface area contributed by atoms with E-state index in [-0.39, 0.29) is 6.03 Å². The second-order valence-corrected chi connectivity index (χ2v) is 5.45. The van der Waals surface area contributed by atoms with Crippen molar-refractivity contribution in [1.29, 1.82) is 0 Å². The van der Waals surface area contributed by atoms with Crippen LogP contribution in [0.3, 0.4) is 0 Å². The average Bonchev–Trinajstić information content (AvgIpc) is 2.61. The molecule has 2 N–H and O–H groups in total. The molecule has 2 amide bonds. The van der Waals surface area contributed by atoms with Gasteiger partial charge in [-0.05, 0) is 42.7 Å². The highest BCUT2D eigenvalue weighted by Gasteiger charge is 2.07. The standard InChI is InChI=1S/C19H24N2O3/c1-4-5-6-14-7-9-15(10-8-14)20-19(22)21-16-11-12-17(23-2)18(13-16)24-3/h7-13H,4-6H2,1-3H3,(H2,20,21,22). The van der Waals surface area contributed by atoms with E-state index >= 15 is 0 Å². The van der Waals surface area contributed by atoms with Crippen LogP contribution in [0.15, 0.2) is 42.5 Å². The highest BCUT2D eigenvalue weighted by atomic mass is 16.5. The topological polar surface area (TPSA) is 59.6 Å². The zero-order valence-electron chi connectivity index (χ0n) is 14.4. The summed E-state index contributed by atoms with van der Waals surface area (Å²) in [6.07, 6.45) is 3.41. The number of hydrogen-bond donors (Lipinski definition) is 2. The van der Waals surface area contributed by atoms with E-state index in [1.807, 2.05) is 24.3 Å². The molecule has 2 aromatic rings. The van der Waals surface area contributed by atoms with Crippen LogP contribution in [-0.4, -0.2) is 20.3 Å². The molecule has 0 atom stereocenters. The number of hydrogen-bond acceptors (Lipinski definition) is 3. The summed E-state index contributed by atoms with van der Waals surface area (Å²) in [5.41, 5.74) is 2.67. The Labute approximate surface area is 143 Å². The van der Waals surface area contributed by atoms with Gasteiger partial charge in [0.15, 0.2) is 11.5 Å². The molecule has 0 radical (unpaired) electrons. The van der Waals surface area contributed by atoms with E-state index in [0.717, 1.165) is 12.1 Å². The van der Waals surface area contributed by atoms with Crippen LogP contribution in [-0.2, 0) is 6.42 Å². The van der Waals surface area contributed by atoms with Crippen LogP contribution < -0.4 is 20.1 Å². The van der Waals surface area contributed by atoms with E-state index in [1.165, 1.54) is 18.4 Å². The van der Waals surface area contributed by atoms with Gasteiger partial charge in [0.05, 0.1) is 14.2 Å². The number of nitrogens with one attached hydrogen (secondary N) is 2. The van der Waals surface area contributed by atoms with Crippen LogP contribution in [0.25, 0.3) is 0 Å². The van der Waals surface area contributed by atoms with Gasteiger partial charge in [0.25, 0.3) is 0 Å². The fourth-order valence-electron chi connectivity index (χ4n) is 2.34. The number of urea groups is 1. The van der Waals surface area contributed by atoms with Gasteiger partial charge in [-0.1, -0.05) is 25.5 Å². The van der Waals surface area contributed by atoms with Crippen LogP contribution in [0.1, 0.15) is 25.3 Å². The van der Waals surface area contributed by atoms with Gasteiger partial charge in [-0.15, -0.1) is 0 Å². The minimum atomic E-state index is -0.302. The van der Waals surface area contributed by atoms with Gasteiger partial charge < -0.3 is 20.1 Å². The lowest BCUT2D eigenvalue weighted by molar-refractivity contribution is 0.262. The number of anilines is 2. The first-order valence-corrected chi connectivity index (χ1v) is 8.05. The van der Waals surface area contributed by atoms with Crippen molar-refractivity contribution in [2.75, 3.05) is 24.9 Å². The first-order chi connectivity index (χ1) is 11.7. The molecule has 5 nitrogen and oxygen atoms in total. The Balaban J connectivity index is 1.95. The van der Waals surface area contributed by atoms with Crippen molar-refractivity contribution < 1.29 is 14.3 Å². The lowest BCUT2D eigenvalue weighted by Crippen LogP contribution is -2.19. The van der Waals surface area contributed by atoms with E-state index in [4.69, 9.17) is 9.47 Å². The predicted octanol–water partition coefficient (Wildman–Crippen LogP) is 4.69. The zero-order chi connectivity index (χ0) is 17.4. The molecule has 128 valence electrons. The molecule has 0 bridgehead atoms. The fourth-order valence-corrected chi connectivity index (χ4v) is 2.34. The monoisotopic (exact) mass is 328 g/mol. The summed E-state index contributed by atoms with van der Waals surface area (Å²) in [5.74, 6) is 1.18. The van der Waals surface area contributed by atoms with Gasteiger partial charge in [-0.2, -0.15) is 0 Å². The maximum absolute atomic E-state index is 12.1. The smallest absolute Gasteiger partial charge is 0.323 e. The largest absolute Gasteiger partial charge is 0.493 e. The zero-order valence-corrected chi connectivity index (χ0v) is 14.4. The maximum Gasteiger partial charge on any atom is 0.323 e. The van der Waals surface area contributed by atoms with Gasteiger partial charge >= 0.3 is 6.03 Å². The molecule has 5 heteroatoms. The van der Waals surface area contributed by atoms with E-state index in [0.29, 0.717) is 17.2 Å². The Kier molecular flexibility index (Phi) is 6.49. The number of carbonyl (C=O) groups excluding carboxylic acids is 1. The number of carbonyl (C=O) groups is 1. The molecule has 0 aromatic heterocycles. The number of aryl methyl sites for hydroxylation is 1. The van der Waals surface area contributed by atoms with Crippen molar-refractivity contribution in [3.05, 3.63) is 48.0 Å². The Bertz CT molecular complexity index is 669. The minimum Gasteiger partial charge on any atom is -0.493 e. The normalized spacial score (nSPS) is 10.1. The highest BCUT2D eigenvalue weighted by molar-refractivity contribution is 5.99. The summed E-state index contributed by atoms with van der Waals surface area (Å²) in [7, 11) is 3.13. The Morgan fingerprint density at radius 3 is 2.17 bits per heavy atom. The summed E-state index contributed by atoms with van der Waals surface area (Å²) in [6, 6.07) is 12.8. The molecule has 0 aliphatic heterocycles. The predicted molar refractivity (Wildman–Crippen MR) is 97.2 cm³/mol. The van der Waals surface area contributed by atoms with Crippen LogP contribution in [0.5, 0.6) is 11.5 Å². The molecule has 2 rings (SSSR count). The summed E-state index contributed by atoms with van der Waals surface area (Å²) >= 11 is 0. The SMILES string of the molecule is CCCCc1ccc(NC(=O)Nc2ccc(OC)c(OC)c2)cc1. The van der Waals surface area contributed by atoms with E-state index in [9.17, 15) is 4.79 Å². The van der Waals surface area contributed by atoms with E-state index in [1.54, 1.807) is 32.4 Å². The molecule has 0 aliphatic carbocycles. The van der Waals surface area contributed by atoms with Crippen LogP contribution in [0.4, 0.5) is 16.2 Å². The first-order valence-electron chi connectivity index (χ1n) is 8.05. The Morgan fingerprint density at radius 2 is 1.54 bits per heavy atom. The number of ether oxygens (including phenoxy) is 2. The number of methoxy groups -OCH3 is 2. The lowest BCUT2D eigenvalue weighted by Gasteiger charge is -2.11. The molecular weight excluding hydrogens is 304 g/mol. The molecule has 0 spiro atoms. The summed E-state index contributed by atoms with van der Waals surface area (Å²) in [4.78, 5) is 12.1. The van der Waals surface area contributed by atoms with Crippen LogP contribution >= 0.6 is 0 Å². The second-order valence-electron chi connectivity index (χ2n) is 5.45. The summed E-state index contributed by atoms with van der Waals surface area (Å²) in [6.45, 7) is 2.18. The van der Waals surface area contributed by atoms with Crippen LogP contribution in [0.2, 0.25) is 0 Å². The van der Waals surface area contributed by atoms with Gasteiger partial charge in [0, 0.05) is 17.4 Å². The molecule has 0 unspecified atom stereocenters. The molecule has 0 saturated carbocycles. The van der Waals surface area contributed by atoms with Crippen molar-refractivity contribution in [2.24, 2.45) is 0 Å². The van der Waals surface area contributed by atoms with E-state index in [2.05, 4.69) is 17.6 Å². The maximum atomic E-state index is 12.1. The first kappa shape index (κ1) is 17.7. The second kappa shape index (κ2) is 8.82. The van der Waals surface area contributed by atoms with Crippen molar-refractivity contribution in [1.82, 2.24) is 0 Å². The number of unbranched alkanes of at least 4 members (excludes halogenated alkanes) is 1. The van der Waals surface area contributed by atoms with Crippen LogP contribution in [0, 0.1) is 0 Å². The van der Waals surface area contributed by atoms with Crippen molar-refractivity contribution >= 4 is 17.4 Å². The molecule has 0 heterocycles. The van der Waals surface area contributed by atoms with Crippen molar-refractivity contribution in [3.8, 4) is 11.5 Å². The molecule has 0 aliphatic rings. The average molecular weight is 328 g/mol. The van der Waals surface area contributed by atoms with Gasteiger partial charge in [0.2, 0.25) is 0 Å². The minimum absolute atomic E-state index is 0.302. The molecule has 24 heavy (non-hydrogen) atoms. The molecular formula is C19H24N2O3. The van der Waals surface area contributed by atoms with Gasteiger partial charge in [-0.25, -0.2) is 4.79 Å². The summed E-state index contributed by atoms with van der Waals surface area (Å²) < 4.78 is 10.4. The lowest BCUT2D eigenvalue weighted by atomic mass is 10.1. The van der Waals surface area contributed by atoms with Gasteiger partial charge in [0.1, 0.15) is 0 Å². The van der Waals surface area contributed by atoms with Gasteiger partial charge in [-0.3, -0.25) is 0 Å². The summed E-state index contributed by atoms with van der Waals surface area (Å²) in [5, 5.41) is 5.60. The highest BCUT2D eigenvalue weighted by Crippen LogP contribution is 2.29. The van der Waals surface area contributed by atoms with E-state index < -0.39 is 0 Å². The van der Waals surface area contributed by atoms with Crippen molar-refractivity contribution in [3.63, 3.8) is 0 Å². The number of amides is 2.